The van der Waals surface area contributed by atoms with Crippen molar-refractivity contribution in [2.24, 2.45) is 0 Å². The number of hydrogen-bond acceptors (Lipinski definition) is 4. The van der Waals surface area contributed by atoms with Crippen molar-refractivity contribution < 1.29 is 13.2 Å². The molecule has 1 aliphatic rings. The van der Waals surface area contributed by atoms with Crippen molar-refractivity contribution >= 4 is 25.6 Å². The van der Waals surface area contributed by atoms with Gasteiger partial charge in [0.15, 0.2) is 0 Å². The molecule has 1 saturated carbocycles. The third-order valence-corrected chi connectivity index (χ3v) is 4.48. The molecule has 106 valence electrons. The highest BCUT2D eigenvalue weighted by atomic mass is 35.7. The van der Waals surface area contributed by atoms with Crippen LogP contribution in [-0.2, 0) is 20.4 Å². The smallest absolute Gasteiger partial charge is 0.264 e. The van der Waals surface area contributed by atoms with Crippen LogP contribution in [0.25, 0.3) is 0 Å². The van der Waals surface area contributed by atoms with Crippen LogP contribution in [0.2, 0.25) is 0 Å². The number of nitrogens with zero attached hydrogens (tertiary/aromatic N) is 2. The fourth-order valence-corrected chi connectivity index (χ4v) is 2.88. The summed E-state index contributed by atoms with van der Waals surface area (Å²) in [6.45, 7) is 0.00289. The van der Waals surface area contributed by atoms with Gasteiger partial charge in [-0.25, -0.2) is 8.42 Å². The molecule has 0 spiro atoms. The van der Waals surface area contributed by atoms with Crippen LogP contribution in [0.4, 0.5) is 0 Å². The van der Waals surface area contributed by atoms with Crippen LogP contribution in [0.5, 0.6) is 0 Å². The first-order valence-corrected chi connectivity index (χ1v) is 8.52. The van der Waals surface area contributed by atoms with Gasteiger partial charge in [-0.15, -0.1) is 0 Å². The lowest BCUT2D eigenvalue weighted by Crippen LogP contribution is -2.38. The van der Waals surface area contributed by atoms with Crippen LogP contribution in [-0.4, -0.2) is 30.1 Å². The van der Waals surface area contributed by atoms with Crippen LogP contribution in [0.3, 0.4) is 0 Å². The molecular weight excluding hydrogens is 290 g/mol. The third kappa shape index (κ3) is 4.21. The van der Waals surface area contributed by atoms with E-state index in [2.05, 4.69) is 10.4 Å². The van der Waals surface area contributed by atoms with Gasteiger partial charge in [-0.05, 0) is 12.8 Å². The van der Waals surface area contributed by atoms with Crippen LogP contribution in [0.1, 0.15) is 32.1 Å². The largest absolute Gasteiger partial charge is 0.352 e. The van der Waals surface area contributed by atoms with Gasteiger partial charge in [-0.1, -0.05) is 19.3 Å². The number of rotatable bonds is 4. The van der Waals surface area contributed by atoms with E-state index in [9.17, 15) is 13.2 Å². The van der Waals surface area contributed by atoms with Crippen LogP contribution in [0, 0.1) is 0 Å². The Labute approximate surface area is 116 Å². The SMILES string of the molecule is O=C(Cn1cc(S(=O)(=O)Cl)cn1)NC1CCCCC1. The Hall–Kier alpha value is -1.08. The van der Waals surface area contributed by atoms with E-state index in [1.165, 1.54) is 17.3 Å². The molecule has 8 heteroatoms. The molecule has 1 aromatic heterocycles. The molecule has 0 unspecified atom stereocenters. The van der Waals surface area contributed by atoms with Gasteiger partial charge in [0, 0.05) is 22.9 Å². The van der Waals surface area contributed by atoms with Gasteiger partial charge in [-0.2, -0.15) is 5.10 Å². The van der Waals surface area contributed by atoms with E-state index in [4.69, 9.17) is 10.7 Å². The molecule has 6 nitrogen and oxygen atoms in total. The number of hydrogen-bond donors (Lipinski definition) is 1. The van der Waals surface area contributed by atoms with Gasteiger partial charge in [0.1, 0.15) is 11.4 Å². The molecule has 0 aromatic carbocycles. The van der Waals surface area contributed by atoms with Crippen molar-refractivity contribution in [3.05, 3.63) is 12.4 Å². The molecule has 0 saturated heterocycles. The van der Waals surface area contributed by atoms with Gasteiger partial charge >= 0.3 is 0 Å². The second-order valence-electron chi connectivity index (χ2n) is 4.71. The maximum atomic E-state index is 11.8. The molecule has 1 aliphatic carbocycles. The summed E-state index contributed by atoms with van der Waals surface area (Å²) in [5.74, 6) is -0.159. The first-order valence-electron chi connectivity index (χ1n) is 6.21. The fraction of sp³-hybridized carbons (Fsp3) is 0.636. The Kier molecular flexibility index (Phi) is 4.46. The number of halogens is 1. The zero-order chi connectivity index (χ0) is 13.9. The van der Waals surface area contributed by atoms with Crippen LogP contribution >= 0.6 is 10.7 Å². The van der Waals surface area contributed by atoms with Gasteiger partial charge in [0.05, 0.1) is 6.20 Å². The highest BCUT2D eigenvalue weighted by molar-refractivity contribution is 8.13. The number of aromatic nitrogens is 2. The molecule has 1 fully saturated rings. The summed E-state index contributed by atoms with van der Waals surface area (Å²) in [4.78, 5) is 11.7. The summed E-state index contributed by atoms with van der Waals surface area (Å²) in [7, 11) is 1.39. The Bertz CT molecular complexity index is 549. The lowest BCUT2D eigenvalue weighted by Gasteiger charge is -2.22. The van der Waals surface area contributed by atoms with Crippen molar-refractivity contribution in [3.8, 4) is 0 Å². The van der Waals surface area contributed by atoms with E-state index in [1.54, 1.807) is 0 Å². The summed E-state index contributed by atoms with van der Waals surface area (Å²) in [5, 5.41) is 6.74. The molecule has 1 aromatic rings. The lowest BCUT2D eigenvalue weighted by molar-refractivity contribution is -0.122. The average molecular weight is 306 g/mol. The number of carbonyl (C=O) groups excluding carboxylic acids is 1. The topological polar surface area (TPSA) is 81.1 Å². The summed E-state index contributed by atoms with van der Waals surface area (Å²) >= 11 is 0. The first-order chi connectivity index (χ1) is 8.95. The summed E-state index contributed by atoms with van der Waals surface area (Å²) in [6, 6.07) is 0.230. The van der Waals surface area contributed by atoms with Gasteiger partial charge < -0.3 is 5.32 Å². The number of nitrogens with one attached hydrogen (secondary N) is 1. The standard InChI is InChI=1S/C11H16ClN3O3S/c12-19(17,18)10-6-13-15(7-10)8-11(16)14-9-4-2-1-3-5-9/h6-7,9H,1-5,8H2,(H,14,16). The molecular formula is C11H16ClN3O3S. The van der Waals surface area contributed by atoms with Gasteiger partial charge in [0.25, 0.3) is 9.05 Å². The number of carbonyl (C=O) groups is 1. The molecule has 0 atom stereocenters. The quantitative estimate of drug-likeness (QED) is 0.849. The van der Waals surface area contributed by atoms with Gasteiger partial charge in [0.2, 0.25) is 5.91 Å². The molecule has 1 amide bonds. The number of amides is 1. The molecule has 2 rings (SSSR count). The lowest BCUT2D eigenvalue weighted by atomic mass is 9.95. The molecule has 1 N–H and O–H groups in total. The van der Waals surface area contributed by atoms with Crippen LogP contribution in [0.15, 0.2) is 17.3 Å². The molecule has 1 heterocycles. The second-order valence-corrected chi connectivity index (χ2v) is 7.28. The van der Waals surface area contributed by atoms with Crippen molar-refractivity contribution in [3.63, 3.8) is 0 Å². The minimum atomic E-state index is -3.79. The predicted octanol–water partition coefficient (Wildman–Crippen LogP) is 1.26. The Morgan fingerprint density at radius 2 is 2.11 bits per heavy atom. The average Bonchev–Trinajstić information content (AvgIpc) is 2.78. The molecule has 19 heavy (non-hydrogen) atoms. The second kappa shape index (κ2) is 5.92. The van der Waals surface area contributed by atoms with Crippen molar-refractivity contribution in [1.29, 1.82) is 0 Å². The minimum Gasteiger partial charge on any atom is -0.352 e. The van der Waals surface area contributed by atoms with E-state index in [0.29, 0.717) is 0 Å². The fourth-order valence-electron chi connectivity index (χ4n) is 2.22. The van der Waals surface area contributed by atoms with Crippen LogP contribution < -0.4 is 5.32 Å². The van der Waals surface area contributed by atoms with E-state index in [1.807, 2.05) is 0 Å². The summed E-state index contributed by atoms with van der Waals surface area (Å²) < 4.78 is 23.4. The Balaban J connectivity index is 1.90. The zero-order valence-electron chi connectivity index (χ0n) is 10.4. The zero-order valence-corrected chi connectivity index (χ0v) is 12.0. The molecule has 0 radical (unpaired) electrons. The first kappa shape index (κ1) is 14.3. The Morgan fingerprint density at radius 1 is 1.42 bits per heavy atom. The molecule has 0 aliphatic heterocycles. The monoisotopic (exact) mass is 305 g/mol. The normalized spacial score (nSPS) is 17.3. The van der Waals surface area contributed by atoms with Crippen molar-refractivity contribution in [2.75, 3.05) is 0 Å². The van der Waals surface area contributed by atoms with Crippen molar-refractivity contribution in [1.82, 2.24) is 15.1 Å². The predicted molar refractivity (Wildman–Crippen MR) is 70.3 cm³/mol. The minimum absolute atomic E-state index is 0.00289. The van der Waals surface area contributed by atoms with Gasteiger partial charge in [-0.3, -0.25) is 9.48 Å². The van der Waals surface area contributed by atoms with E-state index in [-0.39, 0.29) is 23.4 Å². The summed E-state index contributed by atoms with van der Waals surface area (Å²) in [5.41, 5.74) is 0. The van der Waals surface area contributed by atoms with E-state index in [0.717, 1.165) is 31.9 Å². The highest BCUT2D eigenvalue weighted by Gasteiger charge is 2.17. The molecule has 0 bridgehead atoms. The maximum Gasteiger partial charge on any atom is 0.264 e. The highest BCUT2D eigenvalue weighted by Crippen LogP contribution is 2.17. The van der Waals surface area contributed by atoms with E-state index < -0.39 is 9.05 Å². The summed E-state index contributed by atoms with van der Waals surface area (Å²) in [6.07, 6.45) is 7.91. The van der Waals surface area contributed by atoms with Crippen molar-refractivity contribution in [2.45, 2.75) is 49.6 Å². The maximum absolute atomic E-state index is 11.8. The van der Waals surface area contributed by atoms with E-state index >= 15 is 0 Å². The Morgan fingerprint density at radius 3 is 2.68 bits per heavy atom. The third-order valence-electron chi connectivity index (χ3n) is 3.17.